The van der Waals surface area contributed by atoms with E-state index in [1.165, 1.54) is 0 Å². The van der Waals surface area contributed by atoms with Crippen LogP contribution in [0.15, 0.2) is 36.3 Å². The number of allylic oxidation sites excluding steroid dienone is 2. The van der Waals surface area contributed by atoms with Crippen LogP contribution in [0.4, 0.5) is 0 Å². The largest absolute Gasteiger partial charge is 0.505 e. The molecule has 0 aromatic rings. The second-order valence-corrected chi connectivity index (χ2v) is 3.49. The molecule has 2 N–H and O–H groups in total. The average Bonchev–Trinajstić information content (AvgIpc) is 2.28. The third-order valence-corrected chi connectivity index (χ3v) is 2.02. The Morgan fingerprint density at radius 3 is 2.75 bits per heavy atom. The molecule has 0 heterocycles. The number of nitrogens with two attached hydrogens (primary N) is 1. The summed E-state index contributed by atoms with van der Waals surface area (Å²) in [7, 11) is 1.60. The van der Waals surface area contributed by atoms with Crippen LogP contribution < -0.4 is 5.90 Å². The first-order valence-corrected chi connectivity index (χ1v) is 5.11. The number of ether oxygens (including phenoxy) is 2. The molecule has 0 aromatic carbocycles. The summed E-state index contributed by atoms with van der Waals surface area (Å²) in [5.74, 6) is 5.87. The zero-order chi connectivity index (χ0) is 12.4. The summed E-state index contributed by atoms with van der Waals surface area (Å²) in [6, 6.07) is 0. The summed E-state index contributed by atoms with van der Waals surface area (Å²) in [6.45, 7) is 8.86. The Morgan fingerprint density at radius 1 is 1.50 bits per heavy atom. The molecule has 4 heteroatoms. The van der Waals surface area contributed by atoms with E-state index in [0.717, 1.165) is 5.57 Å². The highest BCUT2D eigenvalue weighted by Gasteiger charge is 2.04. The smallest absolute Gasteiger partial charge is 0.121 e. The first-order valence-electron chi connectivity index (χ1n) is 5.11. The van der Waals surface area contributed by atoms with E-state index in [9.17, 15) is 0 Å². The molecule has 0 aliphatic carbocycles. The van der Waals surface area contributed by atoms with Crippen molar-refractivity contribution in [3.05, 3.63) is 36.3 Å². The third kappa shape index (κ3) is 7.09. The maximum atomic E-state index is 5.40. The van der Waals surface area contributed by atoms with E-state index in [-0.39, 0.29) is 5.92 Å². The van der Waals surface area contributed by atoms with Gasteiger partial charge in [-0.05, 0) is 24.6 Å². The molecular formula is C12H21NO3. The van der Waals surface area contributed by atoms with E-state index < -0.39 is 0 Å². The van der Waals surface area contributed by atoms with Crippen molar-refractivity contribution in [1.29, 1.82) is 0 Å². The second kappa shape index (κ2) is 9.00. The highest BCUT2D eigenvalue weighted by molar-refractivity contribution is 5.19. The number of hydrogen-bond acceptors (Lipinski definition) is 4. The number of rotatable bonds is 8. The van der Waals surface area contributed by atoms with E-state index in [2.05, 4.69) is 11.4 Å². The molecule has 0 aromatic heterocycles. The van der Waals surface area contributed by atoms with Gasteiger partial charge in [-0.2, -0.15) is 5.90 Å². The first-order chi connectivity index (χ1) is 7.61. The lowest BCUT2D eigenvalue weighted by Crippen LogP contribution is -2.08. The van der Waals surface area contributed by atoms with Crippen molar-refractivity contribution in [3.8, 4) is 0 Å². The van der Waals surface area contributed by atoms with Crippen molar-refractivity contribution in [3.63, 3.8) is 0 Å². The monoisotopic (exact) mass is 227 g/mol. The minimum absolute atomic E-state index is 0.223. The minimum atomic E-state index is 0.223. The molecule has 0 aliphatic heterocycles. The van der Waals surface area contributed by atoms with E-state index >= 15 is 0 Å². The fourth-order valence-electron chi connectivity index (χ4n) is 0.993. The summed E-state index contributed by atoms with van der Waals surface area (Å²) in [6.07, 6.45) is 5.20. The Bertz CT molecular complexity index is 259. The Hall–Kier alpha value is -1.26. The van der Waals surface area contributed by atoms with Gasteiger partial charge in [-0.25, -0.2) is 0 Å². The lowest BCUT2D eigenvalue weighted by molar-refractivity contribution is 0.138. The molecule has 0 bridgehead atoms. The van der Waals surface area contributed by atoms with Crippen LogP contribution >= 0.6 is 0 Å². The van der Waals surface area contributed by atoms with Gasteiger partial charge in [0.25, 0.3) is 0 Å². The van der Waals surface area contributed by atoms with Crippen LogP contribution in [0.25, 0.3) is 0 Å². The van der Waals surface area contributed by atoms with Crippen LogP contribution in [-0.2, 0) is 14.3 Å². The van der Waals surface area contributed by atoms with Crippen molar-refractivity contribution < 1.29 is 14.3 Å². The first kappa shape index (κ1) is 14.7. The van der Waals surface area contributed by atoms with Crippen molar-refractivity contribution in [1.82, 2.24) is 0 Å². The molecule has 16 heavy (non-hydrogen) atoms. The molecule has 1 unspecified atom stereocenters. The Kier molecular flexibility index (Phi) is 8.29. The Morgan fingerprint density at radius 2 is 2.19 bits per heavy atom. The second-order valence-electron chi connectivity index (χ2n) is 3.49. The molecule has 0 fully saturated rings. The molecular weight excluding hydrogens is 206 g/mol. The van der Waals surface area contributed by atoms with Gasteiger partial charge >= 0.3 is 0 Å². The molecule has 0 aliphatic rings. The molecule has 0 rings (SSSR count). The van der Waals surface area contributed by atoms with Gasteiger partial charge in [0, 0.05) is 5.92 Å². The third-order valence-electron chi connectivity index (χ3n) is 2.02. The summed E-state index contributed by atoms with van der Waals surface area (Å²) >= 11 is 0. The average molecular weight is 227 g/mol. The standard InChI is InChI=1S/C12H21NO3/c1-10(8-12(3)16-13)11(2)9-15-7-5-6-14-4/h5-6,8,11H,1,7,9,13H2,2-4H3/b6-5+,12-8-. The van der Waals surface area contributed by atoms with Gasteiger partial charge in [-0.1, -0.05) is 13.5 Å². The van der Waals surface area contributed by atoms with Crippen molar-refractivity contribution >= 4 is 0 Å². The van der Waals surface area contributed by atoms with Crippen LogP contribution in [0.2, 0.25) is 0 Å². The number of hydrogen-bond donors (Lipinski definition) is 1. The van der Waals surface area contributed by atoms with Gasteiger partial charge in [-0.3, -0.25) is 0 Å². The molecule has 0 radical (unpaired) electrons. The van der Waals surface area contributed by atoms with Gasteiger partial charge < -0.3 is 14.3 Å². The summed E-state index contributed by atoms with van der Waals surface area (Å²) < 4.78 is 10.2. The summed E-state index contributed by atoms with van der Waals surface area (Å²) in [4.78, 5) is 4.56. The summed E-state index contributed by atoms with van der Waals surface area (Å²) in [5, 5.41) is 0. The van der Waals surface area contributed by atoms with Crippen molar-refractivity contribution in [2.75, 3.05) is 20.3 Å². The molecule has 0 amide bonds. The SMILES string of the molecule is C=C(/C=C(/C)ON)C(C)COC/C=C/OC. The summed E-state index contributed by atoms with van der Waals surface area (Å²) in [5.41, 5.74) is 0.929. The molecule has 0 saturated heterocycles. The highest BCUT2D eigenvalue weighted by Crippen LogP contribution is 2.12. The van der Waals surface area contributed by atoms with E-state index in [1.807, 2.05) is 6.92 Å². The van der Waals surface area contributed by atoms with E-state index in [0.29, 0.717) is 19.0 Å². The van der Waals surface area contributed by atoms with Gasteiger partial charge in [0.15, 0.2) is 0 Å². The van der Waals surface area contributed by atoms with E-state index in [4.69, 9.17) is 15.4 Å². The molecule has 0 spiro atoms. The molecule has 4 nitrogen and oxygen atoms in total. The highest BCUT2D eigenvalue weighted by atomic mass is 16.6. The molecule has 0 saturated carbocycles. The van der Waals surface area contributed by atoms with Crippen LogP contribution in [-0.4, -0.2) is 20.3 Å². The van der Waals surface area contributed by atoms with Gasteiger partial charge in [0.05, 0.1) is 26.6 Å². The van der Waals surface area contributed by atoms with Crippen LogP contribution in [0.1, 0.15) is 13.8 Å². The topological polar surface area (TPSA) is 53.7 Å². The van der Waals surface area contributed by atoms with Crippen LogP contribution in [0, 0.1) is 5.92 Å². The Labute approximate surface area is 97.3 Å². The van der Waals surface area contributed by atoms with Crippen LogP contribution in [0.5, 0.6) is 0 Å². The minimum Gasteiger partial charge on any atom is -0.505 e. The molecule has 92 valence electrons. The predicted octanol–water partition coefficient (Wildman–Crippen LogP) is 2.15. The van der Waals surface area contributed by atoms with Crippen molar-refractivity contribution in [2.45, 2.75) is 13.8 Å². The van der Waals surface area contributed by atoms with Crippen LogP contribution in [0.3, 0.4) is 0 Å². The fraction of sp³-hybridized carbons (Fsp3) is 0.500. The number of methoxy groups -OCH3 is 1. The normalized spacial score (nSPS) is 13.9. The lowest BCUT2D eigenvalue weighted by Gasteiger charge is -2.11. The van der Waals surface area contributed by atoms with Gasteiger partial charge in [0.1, 0.15) is 5.76 Å². The fourth-order valence-corrected chi connectivity index (χ4v) is 0.993. The molecule has 1 atom stereocenters. The predicted molar refractivity (Wildman–Crippen MR) is 64.3 cm³/mol. The quantitative estimate of drug-likeness (QED) is 0.299. The van der Waals surface area contributed by atoms with Crippen molar-refractivity contribution in [2.24, 2.45) is 11.8 Å². The maximum Gasteiger partial charge on any atom is 0.121 e. The van der Waals surface area contributed by atoms with Gasteiger partial charge in [0.2, 0.25) is 0 Å². The zero-order valence-corrected chi connectivity index (χ0v) is 10.2. The van der Waals surface area contributed by atoms with E-state index in [1.54, 1.807) is 32.4 Å². The maximum absolute atomic E-state index is 5.40. The zero-order valence-electron chi connectivity index (χ0n) is 10.2. The Balaban J connectivity index is 3.84. The lowest BCUT2D eigenvalue weighted by atomic mass is 10.0. The van der Waals surface area contributed by atoms with Gasteiger partial charge in [-0.15, -0.1) is 0 Å².